The van der Waals surface area contributed by atoms with Crippen molar-refractivity contribution >= 4 is 13.8 Å². The molecule has 0 aliphatic rings. The van der Waals surface area contributed by atoms with E-state index >= 15 is 0 Å². The predicted octanol–water partition coefficient (Wildman–Crippen LogP) is 10.8. The van der Waals surface area contributed by atoms with Crippen LogP contribution in [0, 0.1) is 0 Å². The minimum atomic E-state index is -4.53. The molecule has 3 N–H and O–H groups in total. The first-order valence-corrected chi connectivity index (χ1v) is 21.8. The van der Waals surface area contributed by atoms with Crippen molar-refractivity contribution < 1.29 is 43.0 Å². The summed E-state index contributed by atoms with van der Waals surface area (Å²) >= 11 is 0. The maximum Gasteiger partial charge on any atom is 0.472 e. The lowest BCUT2D eigenvalue weighted by molar-refractivity contribution is -0.154. The number of ether oxygens (including phenoxy) is 2. The molecule has 52 heavy (non-hydrogen) atoms. The Balaban J connectivity index is 4.27. The van der Waals surface area contributed by atoms with Crippen LogP contribution in [0.15, 0.2) is 60.8 Å². The molecule has 0 aromatic heterocycles. The van der Waals surface area contributed by atoms with Crippen LogP contribution >= 0.6 is 7.82 Å². The zero-order chi connectivity index (χ0) is 38.2. The second-order valence-corrected chi connectivity index (χ2v) is 14.7. The molecule has 0 rings (SSSR count). The molecule has 0 bridgehead atoms. The number of aliphatic hydroxyl groups is 2. The first-order valence-electron chi connectivity index (χ1n) is 20.3. The van der Waals surface area contributed by atoms with Gasteiger partial charge in [-0.15, -0.1) is 0 Å². The zero-order valence-electron chi connectivity index (χ0n) is 32.8. The van der Waals surface area contributed by atoms with E-state index in [9.17, 15) is 19.4 Å². The van der Waals surface area contributed by atoms with Gasteiger partial charge in [0.05, 0.1) is 26.4 Å². The molecule has 3 unspecified atom stereocenters. The summed E-state index contributed by atoms with van der Waals surface area (Å²) in [5.41, 5.74) is 0. The monoisotopic (exact) mass is 755 g/mol. The fraction of sp³-hybridized carbons (Fsp3) is 0.738. The Kier molecular flexibility index (Phi) is 37.5. The van der Waals surface area contributed by atoms with Crippen molar-refractivity contribution in [3.05, 3.63) is 60.8 Å². The van der Waals surface area contributed by atoms with E-state index in [0.29, 0.717) is 13.0 Å². The average Bonchev–Trinajstić information content (AvgIpc) is 3.13. The molecule has 0 radical (unpaired) electrons. The Bertz CT molecular complexity index is 992. The second-order valence-electron chi connectivity index (χ2n) is 13.3. The Morgan fingerprint density at radius 2 is 1.10 bits per heavy atom. The number of carbonyl (C=O) groups is 1. The Hall–Kier alpha value is -1.84. The summed E-state index contributed by atoms with van der Waals surface area (Å²) in [7, 11) is -4.53. The van der Waals surface area contributed by atoms with E-state index in [1.54, 1.807) is 0 Å². The summed E-state index contributed by atoms with van der Waals surface area (Å²) in [6, 6.07) is 0. The molecule has 0 aliphatic heterocycles. The summed E-state index contributed by atoms with van der Waals surface area (Å²) in [6.45, 7) is 3.28. The molecule has 0 amide bonds. The third kappa shape index (κ3) is 37.9. The van der Waals surface area contributed by atoms with Crippen LogP contribution in [0.3, 0.4) is 0 Å². The van der Waals surface area contributed by atoms with E-state index in [4.69, 9.17) is 23.6 Å². The predicted molar refractivity (Wildman–Crippen MR) is 214 cm³/mol. The van der Waals surface area contributed by atoms with Crippen LogP contribution in [0.2, 0.25) is 0 Å². The number of rotatable bonds is 38. The van der Waals surface area contributed by atoms with Crippen LogP contribution in [-0.4, -0.2) is 66.3 Å². The second kappa shape index (κ2) is 38.9. The lowest BCUT2D eigenvalue weighted by Crippen LogP contribution is -2.29. The molecule has 0 aromatic carbocycles. The van der Waals surface area contributed by atoms with Crippen molar-refractivity contribution in [3.8, 4) is 0 Å². The average molecular weight is 755 g/mol. The van der Waals surface area contributed by atoms with Crippen LogP contribution in [0.5, 0.6) is 0 Å². The van der Waals surface area contributed by atoms with Gasteiger partial charge in [-0.25, -0.2) is 4.57 Å². The van der Waals surface area contributed by atoms with Gasteiger partial charge in [-0.1, -0.05) is 145 Å². The first kappa shape index (κ1) is 50.2. The van der Waals surface area contributed by atoms with Crippen LogP contribution in [0.1, 0.15) is 155 Å². The Labute approximate surface area is 317 Å². The van der Waals surface area contributed by atoms with Gasteiger partial charge in [0.25, 0.3) is 0 Å². The fourth-order valence-electron chi connectivity index (χ4n) is 5.13. The minimum Gasteiger partial charge on any atom is -0.457 e. The van der Waals surface area contributed by atoms with E-state index < -0.39 is 45.8 Å². The van der Waals surface area contributed by atoms with E-state index in [0.717, 1.165) is 44.9 Å². The third-order valence-electron chi connectivity index (χ3n) is 8.20. The fourth-order valence-corrected chi connectivity index (χ4v) is 5.92. The standard InChI is InChI=1S/C42H75O9P/c1-3-5-7-9-11-13-15-17-18-19-20-21-23-25-27-29-31-33-35-48-38-41(39-50-52(46,47)49-37-40(44)36-43)51-42(45)34-32-30-28-26-24-22-16-14-12-10-8-6-4-2/h6,8,12,14,17-18,22,24,28,30,40-41,43-44H,3-5,7,9-11,13,15-16,19-21,23,25-27,29,31-39H2,1-2H3,(H,46,47)/b8-6-,14-12-,18-17-,24-22-,30-28-. The van der Waals surface area contributed by atoms with Crippen molar-refractivity contribution in [2.75, 3.05) is 33.0 Å². The molecular formula is C42H75O9P. The minimum absolute atomic E-state index is 0.0163. The lowest BCUT2D eigenvalue weighted by atomic mass is 10.1. The third-order valence-corrected chi connectivity index (χ3v) is 9.15. The van der Waals surface area contributed by atoms with Crippen LogP contribution < -0.4 is 0 Å². The quantitative estimate of drug-likeness (QED) is 0.0244. The summed E-state index contributed by atoms with van der Waals surface area (Å²) in [6.07, 6.45) is 43.4. The maximum atomic E-state index is 12.5. The van der Waals surface area contributed by atoms with E-state index in [2.05, 4.69) is 62.5 Å². The molecule has 9 nitrogen and oxygen atoms in total. The normalized spacial score (nSPS) is 14.8. The van der Waals surface area contributed by atoms with Crippen molar-refractivity contribution in [1.82, 2.24) is 0 Å². The molecule has 0 spiro atoms. The van der Waals surface area contributed by atoms with Crippen LogP contribution in [0.25, 0.3) is 0 Å². The molecule has 0 aromatic rings. The van der Waals surface area contributed by atoms with Gasteiger partial charge in [0.2, 0.25) is 0 Å². The number of hydrogen-bond donors (Lipinski definition) is 3. The van der Waals surface area contributed by atoms with Gasteiger partial charge >= 0.3 is 13.8 Å². The van der Waals surface area contributed by atoms with Gasteiger partial charge in [0.15, 0.2) is 0 Å². The van der Waals surface area contributed by atoms with Crippen LogP contribution in [-0.2, 0) is 27.9 Å². The Morgan fingerprint density at radius 3 is 1.65 bits per heavy atom. The molecule has 0 fully saturated rings. The molecular weight excluding hydrogens is 679 g/mol. The number of unbranched alkanes of at least 4 members (excludes halogenated alkanes) is 14. The van der Waals surface area contributed by atoms with Gasteiger partial charge in [-0.3, -0.25) is 13.8 Å². The van der Waals surface area contributed by atoms with Gasteiger partial charge in [-0.2, -0.15) is 0 Å². The number of phosphoric ester groups is 1. The van der Waals surface area contributed by atoms with Crippen molar-refractivity contribution in [3.63, 3.8) is 0 Å². The van der Waals surface area contributed by atoms with Gasteiger partial charge < -0.3 is 24.6 Å². The van der Waals surface area contributed by atoms with Gasteiger partial charge in [-0.05, 0) is 64.2 Å². The highest BCUT2D eigenvalue weighted by atomic mass is 31.2. The number of hydrogen-bond acceptors (Lipinski definition) is 8. The Morgan fingerprint density at radius 1 is 0.615 bits per heavy atom. The van der Waals surface area contributed by atoms with Gasteiger partial charge in [0, 0.05) is 13.0 Å². The zero-order valence-corrected chi connectivity index (χ0v) is 33.7. The molecule has 0 heterocycles. The SMILES string of the molecule is CC/C=C\C/C=C\C/C=C\C/C=C\CCC(=O)OC(COCCCCCCCCCC/C=C\CCCCCCCC)COP(=O)(O)OCC(O)CO. The number of aliphatic hydroxyl groups excluding tert-OH is 2. The molecule has 0 saturated carbocycles. The highest BCUT2D eigenvalue weighted by molar-refractivity contribution is 7.47. The molecule has 10 heteroatoms. The summed E-state index contributed by atoms with van der Waals surface area (Å²) < 4.78 is 33.2. The van der Waals surface area contributed by atoms with E-state index in [1.165, 1.54) is 83.5 Å². The number of carbonyl (C=O) groups excluding carboxylic acids is 1. The maximum absolute atomic E-state index is 12.5. The highest BCUT2D eigenvalue weighted by Gasteiger charge is 2.26. The number of phosphoric acid groups is 1. The molecule has 0 saturated heterocycles. The highest BCUT2D eigenvalue weighted by Crippen LogP contribution is 2.43. The topological polar surface area (TPSA) is 132 Å². The molecule has 0 aliphatic carbocycles. The van der Waals surface area contributed by atoms with Crippen molar-refractivity contribution in [2.45, 2.75) is 167 Å². The van der Waals surface area contributed by atoms with E-state index in [-0.39, 0.29) is 13.0 Å². The summed E-state index contributed by atoms with van der Waals surface area (Å²) in [5.74, 6) is -0.465. The molecule has 3 atom stereocenters. The van der Waals surface area contributed by atoms with Crippen molar-refractivity contribution in [2.24, 2.45) is 0 Å². The van der Waals surface area contributed by atoms with Gasteiger partial charge in [0.1, 0.15) is 12.2 Å². The lowest BCUT2D eigenvalue weighted by Gasteiger charge is -2.20. The number of esters is 1. The smallest absolute Gasteiger partial charge is 0.457 e. The summed E-state index contributed by atoms with van der Waals surface area (Å²) in [5, 5.41) is 18.3. The summed E-state index contributed by atoms with van der Waals surface area (Å²) in [4.78, 5) is 22.5. The molecule has 302 valence electrons. The largest absolute Gasteiger partial charge is 0.472 e. The number of allylic oxidation sites excluding steroid dienone is 10. The van der Waals surface area contributed by atoms with Crippen molar-refractivity contribution in [1.29, 1.82) is 0 Å². The van der Waals surface area contributed by atoms with E-state index in [1.807, 2.05) is 12.2 Å². The first-order chi connectivity index (χ1) is 25.3. The van der Waals surface area contributed by atoms with Crippen LogP contribution in [0.4, 0.5) is 0 Å².